The minimum atomic E-state index is -3.29. The van der Waals surface area contributed by atoms with Crippen LogP contribution in [0.1, 0.15) is 102 Å². The molecule has 0 radical (unpaired) electrons. The van der Waals surface area contributed by atoms with Gasteiger partial charge in [-0.2, -0.15) is 5.10 Å². The van der Waals surface area contributed by atoms with Gasteiger partial charge < -0.3 is 52.2 Å². The van der Waals surface area contributed by atoms with Gasteiger partial charge in [0.2, 0.25) is 16.7 Å². The Bertz CT molecular complexity index is 6570. The molecule has 0 aliphatic heterocycles. The topological polar surface area (TPSA) is 366 Å². The minimum Gasteiger partial charge on any atom is -0.352 e. The predicted octanol–water partition coefficient (Wildman–Crippen LogP) is 14.8. The zero-order valence-corrected chi connectivity index (χ0v) is 64.4. The van der Waals surface area contributed by atoms with Crippen molar-refractivity contribution < 1.29 is 22.8 Å². The molecule has 3 fully saturated rings. The smallest absolute Gasteiger partial charge is 0.251 e. The van der Waals surface area contributed by atoms with Crippen molar-refractivity contribution in [2.24, 2.45) is 0 Å². The summed E-state index contributed by atoms with van der Waals surface area (Å²) in [4.78, 5) is 98.0. The highest BCUT2D eigenvalue weighted by Gasteiger charge is 2.25. The number of hydrogen-bond acceptors (Lipinski definition) is 17. The highest BCUT2D eigenvalue weighted by Crippen LogP contribution is 2.34. The van der Waals surface area contributed by atoms with Gasteiger partial charge in [0.1, 0.15) is 0 Å². The fourth-order valence-corrected chi connectivity index (χ4v) is 15.2. The largest absolute Gasteiger partial charge is 0.352 e. The summed E-state index contributed by atoms with van der Waals surface area (Å²) in [6, 6.07) is 55.8. The van der Waals surface area contributed by atoms with Gasteiger partial charge in [-0.05, 0) is 196 Å². The second kappa shape index (κ2) is 34.3. The van der Waals surface area contributed by atoms with E-state index in [4.69, 9.17) is 0 Å². The Balaban J connectivity index is 0.000000117. The highest BCUT2D eigenvalue weighted by molar-refractivity contribution is 7.90. The van der Waals surface area contributed by atoms with Gasteiger partial charge in [0.25, 0.3) is 17.7 Å². The quantitative estimate of drug-likeness (QED) is 0.0358. The summed E-state index contributed by atoms with van der Waals surface area (Å²) in [5.74, 6) is -0.0400. The van der Waals surface area contributed by atoms with E-state index in [0.29, 0.717) is 46.2 Å². The molecule has 12 heterocycles. The molecule has 0 spiro atoms. The standard InChI is InChI=1S/C25H25N5O2.C22H22N6O.C22H19N5O2.C19H16N4O3S/c31-23-16-18(12-13-26-23)22-11-10-21(24-27-14-15-30(22)24)28-20-8-6-17(7-9-20)25(32)29-19-4-2-1-3-5-19;29-22(27-17-3-1-2-4-17)15-5-7-18(8-6-15)26-19-9-10-20(16-13-24-25-14-16)28-12-11-23-21(19)28;28-20-13-15(9-10-23-20)19-8-7-18(21-24-11-12-27(19)21)25-16-3-1-14(2-4-16)22(29)26-17-5-6-17;1-27(25,26)15-4-2-3-14(12-15)22-16-5-6-17(23-10-9-21-19(16)23)13-7-8-20-18(24)11-13/h6-16,19,28H,1-5H2,(H,26,31)(H,29,32);5-14,17,26H,1-4H2,(H,24,25)(H,27,29);1-4,7-13,17,25H,5-6H2,(H,23,28)(H,26,29);2-12,22H,1H3,(H,20,24). The van der Waals surface area contributed by atoms with Gasteiger partial charge in [-0.25, -0.2) is 28.4 Å². The molecule has 28 nitrogen and oxygen atoms in total. The maximum absolute atomic E-state index is 12.5. The molecule has 0 saturated heterocycles. The maximum Gasteiger partial charge on any atom is 0.251 e. The highest BCUT2D eigenvalue weighted by atomic mass is 32.2. The third kappa shape index (κ3) is 18.2. The van der Waals surface area contributed by atoms with Crippen LogP contribution >= 0.6 is 0 Å². The van der Waals surface area contributed by atoms with Crippen LogP contribution in [0.5, 0.6) is 0 Å². The fraction of sp³-hybridized carbons (Fsp3) is 0.170. The summed E-state index contributed by atoms with van der Waals surface area (Å²) in [6.07, 6.45) is 36.6. The summed E-state index contributed by atoms with van der Waals surface area (Å²) >= 11 is 0. The van der Waals surface area contributed by atoms with E-state index >= 15 is 0 Å². The maximum atomic E-state index is 12.5. The molecule has 11 N–H and O–H groups in total. The minimum absolute atomic E-state index is 0.00330. The zero-order valence-electron chi connectivity index (χ0n) is 63.5. The zero-order chi connectivity index (χ0) is 80.4. The van der Waals surface area contributed by atoms with E-state index in [-0.39, 0.29) is 39.3 Å². The first-order chi connectivity index (χ1) is 57.0. The Kier molecular flexibility index (Phi) is 22.4. The van der Waals surface area contributed by atoms with Crippen molar-refractivity contribution in [1.82, 2.24) is 78.6 Å². The molecule has 29 heteroatoms. The van der Waals surface area contributed by atoms with Gasteiger partial charge >= 0.3 is 0 Å². The van der Waals surface area contributed by atoms with Crippen LogP contribution in [0.25, 0.3) is 67.6 Å². The Labute approximate surface area is 669 Å². The normalized spacial score (nSPS) is 13.5. The number of aromatic nitrogens is 13. The Hall–Kier alpha value is -14.7. The number of carbonyl (C=O) groups excluding carboxylic acids is 3. The number of imidazole rings is 4. The van der Waals surface area contributed by atoms with Gasteiger partial charge in [0, 0.05) is 179 Å². The van der Waals surface area contributed by atoms with Crippen LogP contribution in [-0.2, 0) is 9.84 Å². The SMILES string of the molecule is CS(=O)(=O)c1cccc(Nc2ccc(-c3cc[nH]c(=O)c3)n3ccnc23)c1.O=C(NC1CC1)c1ccc(Nc2ccc(-c3cc[nH]c(=O)c3)n3ccnc23)cc1.O=C(NC1CCCC1)c1ccc(Nc2ccc(-c3cn[nH]c3)n3ccnc23)cc1.O=C(NC1CCCCC1)c1ccc(Nc2ccc(-c3cc[nH]c(=O)c3)n3ccnc23)cc1. The van der Waals surface area contributed by atoms with E-state index in [1.54, 1.807) is 86.0 Å². The van der Waals surface area contributed by atoms with Crippen LogP contribution < -0.4 is 53.9 Å². The van der Waals surface area contributed by atoms with Crippen molar-refractivity contribution in [1.29, 1.82) is 0 Å². The van der Waals surface area contributed by atoms with Crippen LogP contribution in [0.3, 0.4) is 0 Å². The molecule has 4 aromatic carbocycles. The van der Waals surface area contributed by atoms with Crippen molar-refractivity contribution in [2.45, 2.75) is 93.7 Å². The van der Waals surface area contributed by atoms with Gasteiger partial charge in [-0.15, -0.1) is 0 Å². The molecule has 0 unspecified atom stereocenters. The number of carbonyl (C=O) groups is 3. The van der Waals surface area contributed by atoms with Crippen molar-refractivity contribution >= 4 is 95.6 Å². The molecule has 3 saturated carbocycles. The summed E-state index contributed by atoms with van der Waals surface area (Å²) < 4.78 is 31.3. The van der Waals surface area contributed by atoms with E-state index in [9.17, 15) is 37.2 Å². The first-order valence-corrected chi connectivity index (χ1v) is 40.4. The number of anilines is 8. The second-order valence-electron chi connectivity index (χ2n) is 28.9. The third-order valence-corrected chi connectivity index (χ3v) is 21.7. The number of aromatic amines is 4. The molecule has 3 aliphatic carbocycles. The van der Waals surface area contributed by atoms with Crippen molar-refractivity contribution in [3.05, 3.63) is 310 Å². The number of nitrogens with zero attached hydrogens (tertiary/aromatic N) is 9. The number of benzene rings is 4. The van der Waals surface area contributed by atoms with Gasteiger partial charge in [0.15, 0.2) is 32.4 Å². The van der Waals surface area contributed by atoms with E-state index in [0.717, 1.165) is 140 Å². The van der Waals surface area contributed by atoms with Gasteiger partial charge in [0.05, 0.1) is 56.6 Å². The monoisotopic (exact) mass is 1580 g/mol. The number of hydrogen-bond donors (Lipinski definition) is 11. The van der Waals surface area contributed by atoms with Crippen molar-refractivity contribution in [3.8, 4) is 45.0 Å². The van der Waals surface area contributed by atoms with Crippen LogP contribution in [-0.4, -0.2) is 113 Å². The Morgan fingerprint density at radius 1 is 0.376 bits per heavy atom. The lowest BCUT2D eigenvalue weighted by Crippen LogP contribution is -2.36. The van der Waals surface area contributed by atoms with E-state index in [2.05, 4.69) is 82.3 Å². The van der Waals surface area contributed by atoms with Crippen LogP contribution in [0.15, 0.2) is 282 Å². The van der Waals surface area contributed by atoms with Gasteiger partial charge in [-0.1, -0.05) is 38.2 Å². The molecule has 117 heavy (non-hydrogen) atoms. The second-order valence-corrected chi connectivity index (χ2v) is 30.9. The molecule has 3 amide bonds. The number of rotatable bonds is 19. The van der Waals surface area contributed by atoms with Crippen molar-refractivity contribution in [3.63, 3.8) is 0 Å². The lowest BCUT2D eigenvalue weighted by atomic mass is 9.95. The summed E-state index contributed by atoms with van der Waals surface area (Å²) in [5, 5.41) is 29.5. The Morgan fingerprint density at radius 2 is 0.709 bits per heavy atom. The molecule has 3 aliphatic rings. The fourth-order valence-electron chi connectivity index (χ4n) is 14.5. The van der Waals surface area contributed by atoms with E-state index in [1.165, 1.54) is 44.4 Å². The Morgan fingerprint density at radius 3 is 1.03 bits per heavy atom. The molecule has 0 atom stereocenters. The number of pyridine rings is 7. The predicted molar refractivity (Wildman–Crippen MR) is 453 cm³/mol. The average Bonchev–Trinajstić information content (AvgIpc) is 1.73. The van der Waals surface area contributed by atoms with E-state index < -0.39 is 9.84 Å². The third-order valence-electron chi connectivity index (χ3n) is 20.6. The van der Waals surface area contributed by atoms with Crippen LogP contribution in [0.4, 0.5) is 45.5 Å². The molecule has 19 rings (SSSR count). The number of fused-ring (bicyclic) bond motifs is 4. The van der Waals surface area contributed by atoms with Gasteiger partial charge in [-0.3, -0.25) is 51.5 Å². The number of amides is 3. The van der Waals surface area contributed by atoms with Crippen LogP contribution in [0, 0.1) is 0 Å². The molecule has 0 bridgehead atoms. The number of sulfone groups is 1. The number of H-pyrrole nitrogens is 4. The summed E-state index contributed by atoms with van der Waals surface area (Å²) in [7, 11) is -3.29. The molecule has 12 aromatic heterocycles. The molecule has 588 valence electrons. The summed E-state index contributed by atoms with van der Waals surface area (Å²) in [6.45, 7) is 0. The first-order valence-electron chi connectivity index (χ1n) is 38.6. The molecular formula is C88H82N20O8S. The molecule has 16 aromatic rings. The average molecular weight is 1580 g/mol. The van der Waals surface area contributed by atoms with Crippen LogP contribution in [0.2, 0.25) is 0 Å². The first kappa shape index (κ1) is 76.3. The summed E-state index contributed by atoms with van der Waals surface area (Å²) in [5.41, 5.74) is 18.1. The number of nitrogens with one attached hydrogen (secondary N) is 11. The lowest BCUT2D eigenvalue weighted by Gasteiger charge is -2.22. The lowest BCUT2D eigenvalue weighted by molar-refractivity contribution is 0.0922. The van der Waals surface area contributed by atoms with E-state index in [1.807, 2.05) is 188 Å². The van der Waals surface area contributed by atoms with Crippen molar-refractivity contribution in [2.75, 3.05) is 27.5 Å². The molecular weight excluding hydrogens is 1500 g/mol.